The Morgan fingerprint density at radius 3 is 2.73 bits per heavy atom. The predicted molar refractivity (Wildman–Crippen MR) is 60.2 cm³/mol. The van der Waals surface area contributed by atoms with Crippen LogP contribution < -0.4 is 0 Å². The molecule has 0 aliphatic carbocycles. The molecule has 1 aliphatic rings. The Kier molecular flexibility index (Phi) is 2.90. The highest BCUT2D eigenvalue weighted by Crippen LogP contribution is 2.09. The van der Waals surface area contributed by atoms with Gasteiger partial charge >= 0.3 is 0 Å². The molecule has 0 spiro atoms. The van der Waals surface area contributed by atoms with Crippen molar-refractivity contribution in [2.24, 2.45) is 0 Å². The summed E-state index contributed by atoms with van der Waals surface area (Å²) in [5.74, 6) is 0.173. The standard InChI is InChI=1S/C10H15N3OS/c1-8-6-11-10(15)13(8)7-9(14)12-4-2-3-5-12/h6H,2-5,7H2,1H3,(H,11,15). The first-order valence-electron chi connectivity index (χ1n) is 5.21. The third kappa shape index (κ3) is 2.12. The van der Waals surface area contributed by atoms with Crippen molar-refractivity contribution in [1.82, 2.24) is 14.5 Å². The number of hydrogen-bond acceptors (Lipinski definition) is 2. The average molecular weight is 225 g/mol. The fraction of sp³-hybridized carbons (Fsp3) is 0.600. The first-order valence-corrected chi connectivity index (χ1v) is 5.62. The summed E-state index contributed by atoms with van der Waals surface area (Å²) < 4.78 is 2.47. The Hall–Kier alpha value is -1.10. The van der Waals surface area contributed by atoms with Crippen LogP contribution >= 0.6 is 12.2 Å². The Morgan fingerprint density at radius 1 is 1.53 bits per heavy atom. The lowest BCUT2D eigenvalue weighted by Gasteiger charge is -2.15. The zero-order chi connectivity index (χ0) is 10.8. The largest absolute Gasteiger partial charge is 0.341 e. The SMILES string of the molecule is Cc1c[nH]c(=S)n1CC(=O)N1CCCC1. The molecule has 15 heavy (non-hydrogen) atoms. The first kappa shape index (κ1) is 10.4. The molecule has 1 aromatic heterocycles. The molecule has 2 rings (SSSR count). The summed E-state index contributed by atoms with van der Waals surface area (Å²) >= 11 is 5.10. The van der Waals surface area contributed by atoms with Crippen molar-refractivity contribution < 1.29 is 4.79 Å². The monoisotopic (exact) mass is 225 g/mol. The summed E-state index contributed by atoms with van der Waals surface area (Å²) in [5.41, 5.74) is 1.01. The van der Waals surface area contributed by atoms with Gasteiger partial charge in [0.15, 0.2) is 4.77 Å². The molecule has 1 fully saturated rings. The number of nitrogens with zero attached hydrogens (tertiary/aromatic N) is 2. The second kappa shape index (κ2) is 4.18. The zero-order valence-corrected chi connectivity index (χ0v) is 9.64. The molecular weight excluding hydrogens is 210 g/mol. The number of imidazole rings is 1. The van der Waals surface area contributed by atoms with Gasteiger partial charge in [-0.1, -0.05) is 0 Å². The van der Waals surface area contributed by atoms with Gasteiger partial charge in [0.2, 0.25) is 5.91 Å². The van der Waals surface area contributed by atoms with Gasteiger partial charge in [-0.2, -0.15) is 0 Å². The van der Waals surface area contributed by atoms with Gasteiger partial charge in [0.25, 0.3) is 0 Å². The van der Waals surface area contributed by atoms with Gasteiger partial charge in [-0.3, -0.25) is 4.79 Å². The van der Waals surface area contributed by atoms with E-state index in [4.69, 9.17) is 12.2 Å². The molecule has 2 heterocycles. The molecule has 1 saturated heterocycles. The average Bonchev–Trinajstić information content (AvgIpc) is 2.82. The summed E-state index contributed by atoms with van der Waals surface area (Å²) in [6.45, 7) is 4.11. The van der Waals surface area contributed by atoms with Crippen LogP contribution in [0.25, 0.3) is 0 Å². The van der Waals surface area contributed by atoms with Crippen molar-refractivity contribution in [3.63, 3.8) is 0 Å². The van der Waals surface area contributed by atoms with E-state index in [2.05, 4.69) is 4.98 Å². The highest BCUT2D eigenvalue weighted by molar-refractivity contribution is 7.71. The van der Waals surface area contributed by atoms with Gasteiger partial charge in [-0.15, -0.1) is 0 Å². The van der Waals surface area contributed by atoms with Crippen LogP contribution in [0.15, 0.2) is 6.20 Å². The summed E-state index contributed by atoms with van der Waals surface area (Å²) in [6.07, 6.45) is 4.09. The fourth-order valence-electron chi connectivity index (χ4n) is 1.88. The second-order valence-corrected chi connectivity index (χ2v) is 4.30. The van der Waals surface area contributed by atoms with Crippen LogP contribution in [0.2, 0.25) is 0 Å². The maximum atomic E-state index is 11.9. The van der Waals surface area contributed by atoms with E-state index in [-0.39, 0.29) is 5.91 Å². The number of carbonyl (C=O) groups is 1. The zero-order valence-electron chi connectivity index (χ0n) is 8.82. The Bertz CT molecular complexity index is 415. The van der Waals surface area contributed by atoms with Crippen LogP contribution in [0.5, 0.6) is 0 Å². The number of aromatic nitrogens is 2. The van der Waals surface area contributed by atoms with Gasteiger partial charge in [0.05, 0.1) is 0 Å². The Labute approximate surface area is 93.9 Å². The first-order chi connectivity index (χ1) is 7.18. The number of aromatic amines is 1. The van der Waals surface area contributed by atoms with Crippen molar-refractivity contribution in [3.8, 4) is 0 Å². The van der Waals surface area contributed by atoms with Gasteiger partial charge in [-0.25, -0.2) is 0 Å². The lowest BCUT2D eigenvalue weighted by Crippen LogP contribution is -2.31. The highest BCUT2D eigenvalue weighted by atomic mass is 32.1. The van der Waals surface area contributed by atoms with E-state index in [0.717, 1.165) is 31.6 Å². The lowest BCUT2D eigenvalue weighted by molar-refractivity contribution is -0.130. The van der Waals surface area contributed by atoms with Crippen molar-refractivity contribution in [3.05, 3.63) is 16.7 Å². The van der Waals surface area contributed by atoms with E-state index in [1.165, 1.54) is 0 Å². The molecule has 1 N–H and O–H groups in total. The molecule has 0 radical (unpaired) electrons. The molecule has 0 bridgehead atoms. The van der Waals surface area contributed by atoms with Gasteiger partial charge in [-0.05, 0) is 32.0 Å². The Balaban J connectivity index is 2.08. The van der Waals surface area contributed by atoms with Crippen LogP contribution in [-0.4, -0.2) is 33.4 Å². The molecule has 5 heteroatoms. The number of aryl methyl sites for hydroxylation is 1. The highest BCUT2D eigenvalue weighted by Gasteiger charge is 2.18. The second-order valence-electron chi connectivity index (χ2n) is 3.91. The predicted octanol–water partition coefficient (Wildman–Crippen LogP) is 1.48. The van der Waals surface area contributed by atoms with Crippen LogP contribution in [-0.2, 0) is 11.3 Å². The van der Waals surface area contributed by atoms with Crippen molar-refractivity contribution in [2.45, 2.75) is 26.3 Å². The van der Waals surface area contributed by atoms with Gasteiger partial charge < -0.3 is 14.5 Å². The minimum atomic E-state index is 0.173. The summed E-state index contributed by atoms with van der Waals surface area (Å²) in [7, 11) is 0. The van der Waals surface area contributed by atoms with E-state index in [1.807, 2.05) is 22.6 Å². The normalized spacial score (nSPS) is 15.9. The van der Waals surface area contributed by atoms with Crippen LogP contribution in [0.3, 0.4) is 0 Å². The molecule has 0 aromatic carbocycles. The van der Waals surface area contributed by atoms with Gasteiger partial charge in [0.1, 0.15) is 6.54 Å². The quantitative estimate of drug-likeness (QED) is 0.774. The lowest BCUT2D eigenvalue weighted by atomic mass is 10.4. The fourth-order valence-corrected chi connectivity index (χ4v) is 2.15. The molecule has 0 saturated carbocycles. The third-order valence-corrected chi connectivity index (χ3v) is 3.17. The molecule has 0 atom stereocenters. The number of carbonyl (C=O) groups excluding carboxylic acids is 1. The summed E-state index contributed by atoms with van der Waals surface area (Å²) in [5, 5.41) is 0. The molecular formula is C10H15N3OS. The topological polar surface area (TPSA) is 41.0 Å². The maximum absolute atomic E-state index is 11.9. The summed E-state index contributed by atoms with van der Waals surface area (Å²) in [6, 6.07) is 0. The molecule has 1 aliphatic heterocycles. The Morgan fingerprint density at radius 2 is 2.20 bits per heavy atom. The van der Waals surface area contributed by atoms with Crippen molar-refractivity contribution in [2.75, 3.05) is 13.1 Å². The van der Waals surface area contributed by atoms with Crippen LogP contribution in [0.1, 0.15) is 18.5 Å². The number of likely N-dealkylation sites (tertiary alicyclic amines) is 1. The smallest absolute Gasteiger partial charge is 0.242 e. The van der Waals surface area contributed by atoms with E-state index in [9.17, 15) is 4.79 Å². The van der Waals surface area contributed by atoms with Crippen molar-refractivity contribution in [1.29, 1.82) is 0 Å². The molecule has 1 aromatic rings. The number of amides is 1. The van der Waals surface area contributed by atoms with E-state index >= 15 is 0 Å². The minimum absolute atomic E-state index is 0.173. The minimum Gasteiger partial charge on any atom is -0.341 e. The van der Waals surface area contributed by atoms with E-state index < -0.39 is 0 Å². The molecule has 1 amide bonds. The number of rotatable bonds is 2. The number of hydrogen-bond donors (Lipinski definition) is 1. The van der Waals surface area contributed by atoms with Gasteiger partial charge in [0, 0.05) is 25.0 Å². The maximum Gasteiger partial charge on any atom is 0.242 e. The summed E-state index contributed by atoms with van der Waals surface area (Å²) in [4.78, 5) is 16.7. The van der Waals surface area contributed by atoms with E-state index in [0.29, 0.717) is 11.3 Å². The van der Waals surface area contributed by atoms with E-state index in [1.54, 1.807) is 0 Å². The van der Waals surface area contributed by atoms with Crippen LogP contribution in [0.4, 0.5) is 0 Å². The van der Waals surface area contributed by atoms with Crippen molar-refractivity contribution >= 4 is 18.1 Å². The molecule has 82 valence electrons. The third-order valence-electron chi connectivity index (χ3n) is 2.83. The number of H-pyrrole nitrogens is 1. The molecule has 4 nitrogen and oxygen atoms in total. The van der Waals surface area contributed by atoms with Crippen LogP contribution in [0, 0.1) is 11.7 Å². The molecule has 0 unspecified atom stereocenters. The number of nitrogens with one attached hydrogen (secondary N) is 1.